The van der Waals surface area contributed by atoms with E-state index in [1.807, 2.05) is 0 Å². The molecule has 110 valence electrons. The van der Waals surface area contributed by atoms with E-state index in [4.69, 9.17) is 9.84 Å². The number of hydrogen-bond donors (Lipinski definition) is 2. The largest absolute Gasteiger partial charge is 0.465 e. The highest BCUT2D eigenvalue weighted by Crippen LogP contribution is 2.44. The molecule has 0 aromatic carbocycles. The van der Waals surface area contributed by atoms with Crippen molar-refractivity contribution in [2.45, 2.75) is 65.0 Å². The molecule has 2 aliphatic rings. The van der Waals surface area contributed by atoms with Crippen LogP contribution in [0.2, 0.25) is 0 Å². The summed E-state index contributed by atoms with van der Waals surface area (Å²) in [6.07, 6.45) is 5.50. The van der Waals surface area contributed by atoms with E-state index >= 15 is 0 Å². The monoisotopic (exact) mass is 269 g/mol. The molecular formula is C15H27NO3. The van der Waals surface area contributed by atoms with Crippen molar-refractivity contribution in [2.75, 3.05) is 6.61 Å². The number of rotatable bonds is 4. The molecule has 1 heterocycles. The summed E-state index contributed by atoms with van der Waals surface area (Å²) in [5.74, 6) is 0.978. The molecule has 2 fully saturated rings. The maximum absolute atomic E-state index is 11.1. The van der Waals surface area contributed by atoms with Crippen molar-refractivity contribution in [1.82, 2.24) is 5.32 Å². The van der Waals surface area contributed by atoms with Crippen LogP contribution in [0.15, 0.2) is 0 Å². The normalized spacial score (nSPS) is 27.6. The van der Waals surface area contributed by atoms with Crippen molar-refractivity contribution in [3.8, 4) is 0 Å². The lowest BCUT2D eigenvalue weighted by atomic mass is 9.64. The zero-order chi connectivity index (χ0) is 14.0. The highest BCUT2D eigenvalue weighted by atomic mass is 16.6. The lowest BCUT2D eigenvalue weighted by Crippen LogP contribution is -2.51. The predicted octanol–water partition coefficient (Wildman–Crippen LogP) is 3.26. The van der Waals surface area contributed by atoms with Crippen LogP contribution in [0.5, 0.6) is 0 Å². The zero-order valence-electron chi connectivity index (χ0n) is 12.3. The SMILES string of the molecule is CC(C)(C)[C@H](C1CCCCC1)C(NC(=O)O)[C@@H]1CO1. The Hall–Kier alpha value is -0.770. The first-order chi connectivity index (χ1) is 8.89. The minimum absolute atomic E-state index is 0.0550. The van der Waals surface area contributed by atoms with Crippen LogP contribution in [-0.4, -0.2) is 30.0 Å². The number of nitrogens with one attached hydrogen (secondary N) is 1. The second-order valence-corrected chi connectivity index (χ2v) is 7.14. The third kappa shape index (κ3) is 3.85. The van der Waals surface area contributed by atoms with Gasteiger partial charge in [-0.15, -0.1) is 0 Å². The molecule has 1 saturated heterocycles. The van der Waals surface area contributed by atoms with Gasteiger partial charge < -0.3 is 15.2 Å². The van der Waals surface area contributed by atoms with E-state index in [0.717, 1.165) is 0 Å². The summed E-state index contributed by atoms with van der Waals surface area (Å²) in [4.78, 5) is 11.1. The van der Waals surface area contributed by atoms with E-state index in [1.54, 1.807) is 0 Å². The van der Waals surface area contributed by atoms with Crippen molar-refractivity contribution >= 4 is 6.09 Å². The van der Waals surface area contributed by atoms with Crippen LogP contribution >= 0.6 is 0 Å². The maximum Gasteiger partial charge on any atom is 0.404 e. The van der Waals surface area contributed by atoms with Gasteiger partial charge in [0.2, 0.25) is 0 Å². The lowest BCUT2D eigenvalue weighted by Gasteiger charge is -2.43. The van der Waals surface area contributed by atoms with Gasteiger partial charge in [-0.2, -0.15) is 0 Å². The number of epoxide rings is 1. The number of carbonyl (C=O) groups is 1. The molecule has 1 unspecified atom stereocenters. The van der Waals surface area contributed by atoms with Gasteiger partial charge in [0, 0.05) is 0 Å². The minimum atomic E-state index is -0.925. The molecule has 0 aromatic rings. The first-order valence-corrected chi connectivity index (χ1v) is 7.50. The van der Waals surface area contributed by atoms with Gasteiger partial charge in [0.25, 0.3) is 0 Å². The fraction of sp³-hybridized carbons (Fsp3) is 0.933. The van der Waals surface area contributed by atoms with Gasteiger partial charge in [-0.25, -0.2) is 4.79 Å². The van der Waals surface area contributed by atoms with Crippen LogP contribution in [0.3, 0.4) is 0 Å². The van der Waals surface area contributed by atoms with Gasteiger partial charge in [-0.1, -0.05) is 52.9 Å². The lowest BCUT2D eigenvalue weighted by molar-refractivity contribution is 0.0698. The molecule has 3 atom stereocenters. The maximum atomic E-state index is 11.1. The molecule has 4 heteroatoms. The van der Waals surface area contributed by atoms with Crippen molar-refractivity contribution in [2.24, 2.45) is 17.3 Å². The second kappa shape index (κ2) is 5.70. The molecule has 0 radical (unpaired) electrons. The third-order valence-electron chi connectivity index (χ3n) is 4.59. The first-order valence-electron chi connectivity index (χ1n) is 7.50. The highest BCUT2D eigenvalue weighted by Gasteiger charge is 2.46. The standard InChI is InChI=1S/C15H27NO3/c1-15(2,3)12(10-7-5-4-6-8-10)13(11-9-19-11)16-14(17)18/h10-13,16H,4-9H2,1-3H3,(H,17,18)/t11-,12+,13?/m0/s1. The Morgan fingerprint density at radius 1 is 1.26 bits per heavy atom. The van der Waals surface area contributed by atoms with Crippen LogP contribution in [0.25, 0.3) is 0 Å². The summed E-state index contributed by atoms with van der Waals surface area (Å²) in [5, 5.41) is 11.8. The second-order valence-electron chi connectivity index (χ2n) is 7.14. The summed E-state index contributed by atoms with van der Waals surface area (Å²) in [7, 11) is 0. The zero-order valence-corrected chi connectivity index (χ0v) is 12.3. The Kier molecular flexibility index (Phi) is 4.39. The summed E-state index contributed by atoms with van der Waals surface area (Å²) >= 11 is 0. The average Bonchev–Trinajstić information content (AvgIpc) is 3.10. The Labute approximate surface area is 115 Å². The van der Waals surface area contributed by atoms with Crippen LogP contribution < -0.4 is 5.32 Å². The van der Waals surface area contributed by atoms with Crippen molar-refractivity contribution in [3.63, 3.8) is 0 Å². The Morgan fingerprint density at radius 3 is 2.26 bits per heavy atom. The quantitative estimate of drug-likeness (QED) is 0.770. The predicted molar refractivity (Wildman–Crippen MR) is 74.2 cm³/mol. The number of carboxylic acid groups (broad SMARTS) is 1. The van der Waals surface area contributed by atoms with Crippen LogP contribution in [0, 0.1) is 17.3 Å². The third-order valence-corrected chi connectivity index (χ3v) is 4.59. The van der Waals surface area contributed by atoms with Crippen molar-refractivity contribution in [3.05, 3.63) is 0 Å². The molecule has 1 aliphatic heterocycles. The molecule has 1 amide bonds. The van der Waals surface area contributed by atoms with Crippen molar-refractivity contribution in [1.29, 1.82) is 0 Å². The molecule has 0 aromatic heterocycles. The summed E-state index contributed by atoms with van der Waals surface area (Å²) < 4.78 is 5.41. The first kappa shape index (κ1) is 14.6. The Morgan fingerprint density at radius 2 is 1.84 bits per heavy atom. The van der Waals surface area contributed by atoms with Crippen LogP contribution in [0.4, 0.5) is 4.79 Å². The molecule has 19 heavy (non-hydrogen) atoms. The van der Waals surface area contributed by atoms with Gasteiger partial charge in [0.15, 0.2) is 0 Å². The molecular weight excluding hydrogens is 242 g/mol. The summed E-state index contributed by atoms with van der Waals surface area (Å²) in [6.45, 7) is 7.38. The summed E-state index contributed by atoms with van der Waals surface area (Å²) in [6, 6.07) is -0.0550. The Bertz CT molecular complexity index is 314. The number of hydrogen-bond acceptors (Lipinski definition) is 2. The van der Waals surface area contributed by atoms with E-state index in [2.05, 4.69) is 26.1 Å². The van der Waals surface area contributed by atoms with Crippen molar-refractivity contribution < 1.29 is 14.6 Å². The van der Waals surface area contributed by atoms with E-state index in [-0.39, 0.29) is 17.6 Å². The van der Waals surface area contributed by atoms with E-state index < -0.39 is 6.09 Å². The van der Waals surface area contributed by atoms with Gasteiger partial charge in [0.1, 0.15) is 6.10 Å². The van der Waals surface area contributed by atoms with Gasteiger partial charge in [0.05, 0.1) is 12.6 Å². The molecule has 1 saturated carbocycles. The van der Waals surface area contributed by atoms with E-state index in [1.165, 1.54) is 32.1 Å². The fourth-order valence-corrected chi connectivity index (χ4v) is 3.85. The number of amides is 1. The van der Waals surface area contributed by atoms with E-state index in [0.29, 0.717) is 18.4 Å². The van der Waals surface area contributed by atoms with Gasteiger partial charge in [-0.05, 0) is 17.3 Å². The number of ether oxygens (including phenoxy) is 1. The molecule has 0 spiro atoms. The topological polar surface area (TPSA) is 61.9 Å². The average molecular weight is 269 g/mol. The summed E-state index contributed by atoms with van der Waals surface area (Å²) in [5.41, 5.74) is 0.0983. The smallest absolute Gasteiger partial charge is 0.404 e. The molecule has 1 aliphatic carbocycles. The molecule has 2 N–H and O–H groups in total. The molecule has 2 rings (SSSR count). The van der Waals surface area contributed by atoms with Gasteiger partial charge >= 0.3 is 6.09 Å². The van der Waals surface area contributed by atoms with Gasteiger partial charge in [-0.3, -0.25) is 0 Å². The minimum Gasteiger partial charge on any atom is -0.465 e. The van der Waals surface area contributed by atoms with Crippen LogP contribution in [0.1, 0.15) is 52.9 Å². The van der Waals surface area contributed by atoms with Crippen LogP contribution in [-0.2, 0) is 4.74 Å². The molecule has 4 nitrogen and oxygen atoms in total. The highest BCUT2D eigenvalue weighted by molar-refractivity contribution is 5.65. The molecule has 0 bridgehead atoms. The van der Waals surface area contributed by atoms with E-state index in [9.17, 15) is 4.79 Å². The fourth-order valence-electron chi connectivity index (χ4n) is 3.85. The Balaban J connectivity index is 2.16.